The molecule has 2 aromatic heterocycles. The molecule has 130 valence electrons. The second-order valence-corrected chi connectivity index (χ2v) is 6.29. The molecule has 0 fully saturated rings. The predicted octanol–water partition coefficient (Wildman–Crippen LogP) is 3.34. The molecule has 3 aromatic rings. The molecular formula is C20H23N3O2. The molecule has 0 aliphatic rings. The normalized spacial score (nSPS) is 12.3. The van der Waals surface area contributed by atoms with E-state index < -0.39 is 0 Å². The minimum absolute atomic E-state index is 0.0518. The Balaban J connectivity index is 1.97. The summed E-state index contributed by atoms with van der Waals surface area (Å²) in [5.74, 6) is -0.0518. The quantitative estimate of drug-likeness (QED) is 0.717. The highest BCUT2D eigenvalue weighted by Gasteiger charge is 2.26. The number of fused-ring (bicyclic) bond motifs is 1. The van der Waals surface area contributed by atoms with Gasteiger partial charge < -0.3 is 14.2 Å². The first-order valence-electron chi connectivity index (χ1n) is 8.26. The fraction of sp³-hybridized carbons (Fsp3) is 0.300. The number of hydrogen-bond donors (Lipinski definition) is 0. The Bertz CT molecular complexity index is 887. The molecule has 0 radical (unpaired) electrons. The van der Waals surface area contributed by atoms with Crippen molar-refractivity contribution in [2.75, 3.05) is 20.8 Å². The largest absolute Gasteiger partial charge is 0.382 e. The third-order valence-corrected chi connectivity index (χ3v) is 4.56. The third kappa shape index (κ3) is 3.28. The molecule has 1 atom stereocenters. The molecule has 1 amide bonds. The van der Waals surface area contributed by atoms with E-state index in [1.807, 2.05) is 41.9 Å². The highest BCUT2D eigenvalue weighted by Crippen LogP contribution is 2.24. The van der Waals surface area contributed by atoms with Crippen molar-refractivity contribution in [2.24, 2.45) is 7.05 Å². The van der Waals surface area contributed by atoms with E-state index in [9.17, 15) is 4.79 Å². The lowest BCUT2D eigenvalue weighted by Gasteiger charge is -2.27. The molecule has 0 aliphatic heterocycles. The van der Waals surface area contributed by atoms with Crippen molar-refractivity contribution in [1.82, 2.24) is 14.5 Å². The van der Waals surface area contributed by atoms with E-state index in [0.717, 1.165) is 16.6 Å². The Morgan fingerprint density at radius 3 is 2.76 bits per heavy atom. The number of ether oxygens (including phenoxy) is 1. The van der Waals surface area contributed by atoms with E-state index in [-0.39, 0.29) is 11.9 Å². The van der Waals surface area contributed by atoms with Crippen LogP contribution in [0.3, 0.4) is 0 Å². The zero-order valence-electron chi connectivity index (χ0n) is 15.1. The lowest BCUT2D eigenvalue weighted by molar-refractivity contribution is 0.0586. The van der Waals surface area contributed by atoms with E-state index in [1.54, 1.807) is 25.3 Å². The van der Waals surface area contributed by atoms with E-state index in [0.29, 0.717) is 12.3 Å². The molecule has 2 heterocycles. The predicted molar refractivity (Wildman–Crippen MR) is 98.6 cm³/mol. The van der Waals surface area contributed by atoms with Crippen LogP contribution in [0.2, 0.25) is 0 Å². The van der Waals surface area contributed by atoms with Crippen LogP contribution in [0.4, 0.5) is 0 Å². The Morgan fingerprint density at radius 2 is 2.08 bits per heavy atom. The number of hydrogen-bond acceptors (Lipinski definition) is 3. The van der Waals surface area contributed by atoms with Crippen molar-refractivity contribution >= 4 is 16.8 Å². The van der Waals surface area contributed by atoms with Crippen molar-refractivity contribution in [2.45, 2.75) is 13.0 Å². The summed E-state index contributed by atoms with van der Waals surface area (Å²) in [5.41, 5.74) is 3.69. The van der Waals surface area contributed by atoms with Crippen LogP contribution in [-0.4, -0.2) is 41.1 Å². The summed E-state index contributed by atoms with van der Waals surface area (Å²) in [6.07, 6.45) is 1.73. The van der Waals surface area contributed by atoms with Crippen molar-refractivity contribution in [3.8, 4) is 0 Å². The Hall–Kier alpha value is -2.66. The van der Waals surface area contributed by atoms with Crippen molar-refractivity contribution in [1.29, 1.82) is 0 Å². The van der Waals surface area contributed by atoms with Gasteiger partial charge in [-0.05, 0) is 37.3 Å². The van der Waals surface area contributed by atoms with Crippen molar-refractivity contribution < 1.29 is 9.53 Å². The molecule has 0 saturated carbocycles. The van der Waals surface area contributed by atoms with Gasteiger partial charge in [0.1, 0.15) is 5.69 Å². The van der Waals surface area contributed by atoms with E-state index in [4.69, 9.17) is 4.74 Å². The van der Waals surface area contributed by atoms with E-state index >= 15 is 0 Å². The van der Waals surface area contributed by atoms with Crippen LogP contribution >= 0.6 is 0 Å². The average Bonchev–Trinajstić information content (AvgIpc) is 2.95. The lowest BCUT2D eigenvalue weighted by Crippen LogP contribution is -2.35. The summed E-state index contributed by atoms with van der Waals surface area (Å²) >= 11 is 0. The van der Waals surface area contributed by atoms with Crippen LogP contribution in [0.1, 0.15) is 27.8 Å². The number of rotatable bonds is 5. The number of pyridine rings is 1. The zero-order chi connectivity index (χ0) is 18.0. The SMILES string of the molecule is COCC(c1ccccn1)N(C)C(=O)c1cc2cc(C)ccc2n1C. The number of methoxy groups -OCH3 is 1. The Morgan fingerprint density at radius 1 is 1.28 bits per heavy atom. The molecule has 5 nitrogen and oxygen atoms in total. The maximum atomic E-state index is 13.1. The van der Waals surface area contributed by atoms with Gasteiger partial charge >= 0.3 is 0 Å². The maximum absolute atomic E-state index is 13.1. The fourth-order valence-corrected chi connectivity index (χ4v) is 3.12. The topological polar surface area (TPSA) is 47.4 Å². The molecule has 25 heavy (non-hydrogen) atoms. The van der Waals surface area contributed by atoms with Crippen LogP contribution in [0, 0.1) is 6.92 Å². The second kappa shape index (κ2) is 7.07. The van der Waals surface area contributed by atoms with Crippen LogP contribution < -0.4 is 0 Å². The number of carbonyl (C=O) groups is 1. The first-order chi connectivity index (χ1) is 12.0. The van der Waals surface area contributed by atoms with Gasteiger partial charge in [0, 0.05) is 38.3 Å². The molecule has 3 rings (SSSR count). The summed E-state index contributed by atoms with van der Waals surface area (Å²) < 4.78 is 7.27. The van der Waals surface area contributed by atoms with E-state index in [2.05, 4.69) is 24.0 Å². The van der Waals surface area contributed by atoms with Crippen LogP contribution in [0.5, 0.6) is 0 Å². The van der Waals surface area contributed by atoms with Gasteiger partial charge in [-0.1, -0.05) is 17.7 Å². The third-order valence-electron chi connectivity index (χ3n) is 4.56. The van der Waals surface area contributed by atoms with Gasteiger partial charge in [0.05, 0.1) is 18.3 Å². The van der Waals surface area contributed by atoms with Crippen LogP contribution in [-0.2, 0) is 11.8 Å². The number of carbonyl (C=O) groups excluding carboxylic acids is 1. The molecule has 0 saturated heterocycles. The van der Waals surface area contributed by atoms with Crippen LogP contribution in [0.25, 0.3) is 10.9 Å². The van der Waals surface area contributed by atoms with Gasteiger partial charge in [-0.3, -0.25) is 9.78 Å². The van der Waals surface area contributed by atoms with Crippen LogP contribution in [0.15, 0.2) is 48.7 Å². The molecule has 0 N–H and O–H groups in total. The van der Waals surface area contributed by atoms with Crippen molar-refractivity contribution in [3.05, 3.63) is 65.6 Å². The summed E-state index contributed by atoms with van der Waals surface area (Å²) in [6.45, 7) is 2.44. The molecule has 0 bridgehead atoms. The molecule has 5 heteroatoms. The molecule has 0 aliphatic carbocycles. The minimum Gasteiger partial charge on any atom is -0.382 e. The van der Waals surface area contributed by atoms with Gasteiger partial charge in [-0.2, -0.15) is 0 Å². The number of likely N-dealkylation sites (N-methyl/N-ethyl adjacent to an activating group) is 1. The summed E-state index contributed by atoms with van der Waals surface area (Å²) in [7, 11) is 5.35. The maximum Gasteiger partial charge on any atom is 0.270 e. The van der Waals surface area contributed by atoms with Gasteiger partial charge in [-0.25, -0.2) is 0 Å². The Labute approximate surface area is 147 Å². The first kappa shape index (κ1) is 17.2. The summed E-state index contributed by atoms with van der Waals surface area (Å²) in [5, 5.41) is 1.07. The monoisotopic (exact) mass is 337 g/mol. The number of benzene rings is 1. The minimum atomic E-state index is -0.238. The summed E-state index contributed by atoms with van der Waals surface area (Å²) in [4.78, 5) is 19.2. The fourth-order valence-electron chi connectivity index (χ4n) is 3.12. The van der Waals surface area contributed by atoms with Crippen molar-refractivity contribution in [3.63, 3.8) is 0 Å². The van der Waals surface area contributed by atoms with E-state index in [1.165, 1.54) is 5.56 Å². The number of amides is 1. The van der Waals surface area contributed by atoms with Gasteiger partial charge in [0.15, 0.2) is 0 Å². The number of nitrogens with zero attached hydrogens (tertiary/aromatic N) is 3. The number of aryl methyl sites for hydroxylation is 2. The van der Waals surface area contributed by atoms with Gasteiger partial charge in [0.25, 0.3) is 5.91 Å². The smallest absolute Gasteiger partial charge is 0.270 e. The molecule has 1 aromatic carbocycles. The standard InChI is InChI=1S/C20H23N3O2/c1-14-8-9-17-15(11-14)12-18(22(17)2)20(24)23(3)19(13-25-4)16-7-5-6-10-21-16/h5-12,19H,13H2,1-4H3. The number of aromatic nitrogens is 2. The average molecular weight is 337 g/mol. The highest BCUT2D eigenvalue weighted by atomic mass is 16.5. The summed E-state index contributed by atoms with van der Waals surface area (Å²) in [6, 6.07) is 13.6. The Kier molecular flexibility index (Phi) is 4.86. The molecule has 1 unspecified atom stereocenters. The zero-order valence-corrected chi connectivity index (χ0v) is 15.1. The lowest BCUT2D eigenvalue weighted by atomic mass is 10.1. The molecular weight excluding hydrogens is 314 g/mol. The first-order valence-corrected chi connectivity index (χ1v) is 8.26. The van der Waals surface area contributed by atoms with Gasteiger partial charge in [0.2, 0.25) is 0 Å². The molecule has 0 spiro atoms. The second-order valence-electron chi connectivity index (χ2n) is 6.29. The van der Waals surface area contributed by atoms with Gasteiger partial charge in [-0.15, -0.1) is 0 Å². The highest BCUT2D eigenvalue weighted by molar-refractivity contribution is 5.99.